The first-order valence-corrected chi connectivity index (χ1v) is 7.58. The minimum Gasteiger partial charge on any atom is -0.470 e. The van der Waals surface area contributed by atoms with Gasteiger partial charge in [-0.15, -0.1) is 23.7 Å². The van der Waals surface area contributed by atoms with Gasteiger partial charge in [0.25, 0.3) is 0 Å². The third-order valence-corrected chi connectivity index (χ3v) is 3.58. The number of ether oxygens (including phenoxy) is 2. The Morgan fingerprint density at radius 2 is 2.14 bits per heavy atom. The van der Waals surface area contributed by atoms with E-state index in [1.54, 1.807) is 6.92 Å². The van der Waals surface area contributed by atoms with Crippen LogP contribution < -0.4 is 4.74 Å². The Balaban J connectivity index is 0.00000242. The molecule has 2 aromatic rings. The fraction of sp³-hybridized carbons (Fsp3) is 0.500. The summed E-state index contributed by atoms with van der Waals surface area (Å²) in [7, 11) is 0. The zero-order valence-corrected chi connectivity index (χ0v) is 14.6. The van der Waals surface area contributed by atoms with Gasteiger partial charge in [0, 0.05) is 10.8 Å². The second kappa shape index (κ2) is 7.60. The first-order chi connectivity index (χ1) is 9.91. The minimum atomic E-state index is -0.448. The third kappa shape index (κ3) is 4.45. The first kappa shape index (κ1) is 18.4. The van der Waals surface area contributed by atoms with E-state index in [0.29, 0.717) is 18.1 Å². The van der Waals surface area contributed by atoms with Gasteiger partial charge in [0.1, 0.15) is 17.2 Å². The highest BCUT2D eigenvalue weighted by molar-refractivity contribution is 7.09. The van der Waals surface area contributed by atoms with Gasteiger partial charge < -0.3 is 9.47 Å². The highest BCUT2D eigenvalue weighted by Crippen LogP contribution is 2.25. The van der Waals surface area contributed by atoms with Crippen LogP contribution >= 0.6 is 23.7 Å². The molecule has 1 N–H and O–H groups in total. The minimum absolute atomic E-state index is 0. The maximum absolute atomic E-state index is 11.7. The molecule has 0 unspecified atom stereocenters. The average molecular weight is 346 g/mol. The van der Waals surface area contributed by atoms with Crippen molar-refractivity contribution in [3.05, 3.63) is 27.8 Å². The Bertz CT molecular complexity index is 619. The molecular formula is C14H20ClN3O3S. The molecule has 0 spiro atoms. The predicted molar refractivity (Wildman–Crippen MR) is 86.9 cm³/mol. The van der Waals surface area contributed by atoms with E-state index in [-0.39, 0.29) is 24.4 Å². The van der Waals surface area contributed by atoms with E-state index in [9.17, 15) is 4.79 Å². The van der Waals surface area contributed by atoms with Gasteiger partial charge in [0.05, 0.1) is 18.5 Å². The summed E-state index contributed by atoms with van der Waals surface area (Å²) in [6.07, 6.45) is 1.40. The van der Waals surface area contributed by atoms with Crippen LogP contribution in [0, 0.1) is 0 Å². The van der Waals surface area contributed by atoms with Crippen molar-refractivity contribution < 1.29 is 14.3 Å². The second-order valence-corrected chi connectivity index (χ2v) is 6.44. The van der Waals surface area contributed by atoms with Gasteiger partial charge in [0.2, 0.25) is 5.88 Å². The van der Waals surface area contributed by atoms with Gasteiger partial charge in [-0.25, -0.2) is 14.9 Å². The quantitative estimate of drug-likeness (QED) is 0.841. The molecule has 122 valence electrons. The Labute approximate surface area is 139 Å². The Hall–Kier alpha value is -1.60. The van der Waals surface area contributed by atoms with Crippen LogP contribution in [0.5, 0.6) is 5.88 Å². The number of H-pyrrole nitrogens is 1. The van der Waals surface area contributed by atoms with Crippen LogP contribution in [0.15, 0.2) is 11.6 Å². The molecule has 0 bridgehead atoms. The van der Waals surface area contributed by atoms with Crippen LogP contribution in [0.2, 0.25) is 0 Å². The molecule has 0 amide bonds. The number of carbonyl (C=O) groups is 1. The van der Waals surface area contributed by atoms with Gasteiger partial charge in [-0.1, -0.05) is 20.8 Å². The SMILES string of the molecule is CCOC(=O)c1cn[nH]c1OCc1nc(C(C)(C)C)cs1.Cl. The number of carbonyl (C=O) groups excluding carboxylic acids is 1. The summed E-state index contributed by atoms with van der Waals surface area (Å²) in [6, 6.07) is 0. The normalized spacial score (nSPS) is 10.9. The number of halogens is 1. The van der Waals surface area contributed by atoms with Crippen molar-refractivity contribution in [2.75, 3.05) is 6.61 Å². The number of aromatic amines is 1. The number of esters is 1. The summed E-state index contributed by atoms with van der Waals surface area (Å²) < 4.78 is 10.5. The number of rotatable bonds is 5. The fourth-order valence-corrected chi connectivity index (χ4v) is 2.53. The number of aromatic nitrogens is 3. The van der Waals surface area contributed by atoms with Crippen molar-refractivity contribution in [1.82, 2.24) is 15.2 Å². The predicted octanol–water partition coefficient (Wildman–Crippen LogP) is 3.34. The molecule has 0 aliphatic heterocycles. The lowest BCUT2D eigenvalue weighted by Crippen LogP contribution is -2.12. The number of hydrogen-bond donors (Lipinski definition) is 1. The van der Waals surface area contributed by atoms with Gasteiger partial charge in [-0.05, 0) is 6.92 Å². The van der Waals surface area contributed by atoms with Gasteiger partial charge in [-0.3, -0.25) is 0 Å². The summed E-state index contributed by atoms with van der Waals surface area (Å²) in [5.41, 5.74) is 1.34. The standard InChI is InChI=1S/C14H19N3O3S.ClH/c1-5-19-13(18)9-6-15-17-12(9)20-7-11-16-10(8-21-11)14(2,3)4;/h6,8H,5,7H2,1-4H3,(H,15,17);1H. The topological polar surface area (TPSA) is 77.1 Å². The monoisotopic (exact) mass is 345 g/mol. The maximum atomic E-state index is 11.7. The van der Waals surface area contributed by atoms with Crippen molar-refractivity contribution in [3.63, 3.8) is 0 Å². The highest BCUT2D eigenvalue weighted by Gasteiger charge is 2.19. The Morgan fingerprint density at radius 3 is 2.73 bits per heavy atom. The van der Waals surface area contributed by atoms with Crippen LogP contribution in [-0.4, -0.2) is 27.8 Å². The molecule has 0 aliphatic rings. The summed E-state index contributed by atoms with van der Waals surface area (Å²) in [6.45, 7) is 8.68. The van der Waals surface area contributed by atoms with E-state index in [1.807, 2.05) is 5.38 Å². The van der Waals surface area contributed by atoms with Crippen molar-refractivity contribution in [2.45, 2.75) is 39.7 Å². The highest BCUT2D eigenvalue weighted by atomic mass is 35.5. The fourth-order valence-electron chi connectivity index (χ4n) is 1.59. The molecule has 6 nitrogen and oxygen atoms in total. The first-order valence-electron chi connectivity index (χ1n) is 6.70. The molecule has 2 aromatic heterocycles. The summed E-state index contributed by atoms with van der Waals surface area (Å²) in [5.74, 6) is -0.142. The molecule has 0 saturated heterocycles. The summed E-state index contributed by atoms with van der Waals surface area (Å²) in [4.78, 5) is 16.2. The van der Waals surface area contributed by atoms with Crippen LogP contribution in [-0.2, 0) is 16.8 Å². The van der Waals surface area contributed by atoms with E-state index in [2.05, 4.69) is 36.0 Å². The van der Waals surface area contributed by atoms with E-state index in [0.717, 1.165) is 10.7 Å². The average Bonchev–Trinajstić information content (AvgIpc) is 3.05. The van der Waals surface area contributed by atoms with Crippen molar-refractivity contribution in [1.29, 1.82) is 0 Å². The molecule has 8 heteroatoms. The molecule has 0 aromatic carbocycles. The lowest BCUT2D eigenvalue weighted by molar-refractivity contribution is 0.0521. The molecular weight excluding hydrogens is 326 g/mol. The van der Waals surface area contributed by atoms with E-state index < -0.39 is 5.97 Å². The lowest BCUT2D eigenvalue weighted by Gasteiger charge is -2.14. The Morgan fingerprint density at radius 1 is 1.41 bits per heavy atom. The Kier molecular flexibility index (Phi) is 6.37. The maximum Gasteiger partial charge on any atom is 0.345 e. The smallest absolute Gasteiger partial charge is 0.345 e. The van der Waals surface area contributed by atoms with Crippen molar-refractivity contribution in [3.8, 4) is 5.88 Å². The molecule has 0 aliphatic carbocycles. The molecule has 0 atom stereocenters. The molecule has 2 rings (SSSR count). The molecule has 22 heavy (non-hydrogen) atoms. The van der Waals surface area contributed by atoms with Crippen LogP contribution in [0.3, 0.4) is 0 Å². The number of hydrogen-bond acceptors (Lipinski definition) is 6. The number of thiazole rings is 1. The second-order valence-electron chi connectivity index (χ2n) is 5.50. The summed E-state index contributed by atoms with van der Waals surface area (Å²) in [5, 5.41) is 9.35. The zero-order chi connectivity index (χ0) is 15.5. The number of nitrogens with zero attached hydrogens (tertiary/aromatic N) is 2. The van der Waals surface area contributed by atoms with Crippen LogP contribution in [0.25, 0.3) is 0 Å². The van der Waals surface area contributed by atoms with Crippen LogP contribution in [0.1, 0.15) is 48.8 Å². The lowest BCUT2D eigenvalue weighted by atomic mass is 9.93. The summed E-state index contributed by atoms with van der Waals surface area (Å²) >= 11 is 1.54. The molecule has 2 heterocycles. The molecule has 0 fully saturated rings. The largest absolute Gasteiger partial charge is 0.470 e. The molecule has 0 radical (unpaired) electrons. The van der Waals surface area contributed by atoms with Crippen molar-refractivity contribution >= 4 is 29.7 Å². The van der Waals surface area contributed by atoms with Gasteiger partial charge in [-0.2, -0.15) is 5.10 Å². The zero-order valence-electron chi connectivity index (χ0n) is 13.0. The third-order valence-electron chi connectivity index (χ3n) is 2.76. The number of nitrogens with one attached hydrogen (secondary N) is 1. The van der Waals surface area contributed by atoms with E-state index in [4.69, 9.17) is 9.47 Å². The van der Waals surface area contributed by atoms with Gasteiger partial charge in [0.15, 0.2) is 0 Å². The van der Waals surface area contributed by atoms with E-state index >= 15 is 0 Å². The molecule has 0 saturated carbocycles. The van der Waals surface area contributed by atoms with Crippen LogP contribution in [0.4, 0.5) is 0 Å². The van der Waals surface area contributed by atoms with Crippen molar-refractivity contribution in [2.24, 2.45) is 0 Å². The van der Waals surface area contributed by atoms with E-state index in [1.165, 1.54) is 17.5 Å². The van der Waals surface area contributed by atoms with Gasteiger partial charge >= 0.3 is 5.97 Å².